The van der Waals surface area contributed by atoms with Crippen LogP contribution in [0.4, 0.5) is 0 Å². The van der Waals surface area contributed by atoms with Crippen LogP contribution in [0, 0.1) is 17.8 Å². The van der Waals surface area contributed by atoms with Crippen LogP contribution in [0.1, 0.15) is 89.9 Å². The van der Waals surface area contributed by atoms with E-state index in [2.05, 4.69) is 16.0 Å². The second-order valence-corrected chi connectivity index (χ2v) is 9.17. The van der Waals surface area contributed by atoms with Gasteiger partial charge in [-0.3, -0.25) is 4.79 Å². The van der Waals surface area contributed by atoms with E-state index in [0.29, 0.717) is 12.0 Å². The third-order valence-electron chi connectivity index (χ3n) is 7.08. The van der Waals surface area contributed by atoms with Gasteiger partial charge in [0.1, 0.15) is 0 Å². The first-order valence-electron chi connectivity index (χ1n) is 11.6. The fourth-order valence-electron chi connectivity index (χ4n) is 5.49. The first kappa shape index (κ1) is 21.1. The topological polar surface area (TPSA) is 53.6 Å². The lowest BCUT2D eigenvalue weighted by atomic mass is 9.90. The minimum atomic E-state index is -0.00627. The van der Waals surface area contributed by atoms with Crippen molar-refractivity contribution in [3.63, 3.8) is 0 Å². The van der Waals surface area contributed by atoms with Crippen molar-refractivity contribution in [1.82, 2.24) is 16.0 Å². The largest absolute Gasteiger partial charge is 0.469 e. The highest BCUT2D eigenvalue weighted by molar-refractivity contribution is 5.73. The predicted octanol–water partition coefficient (Wildman–Crippen LogP) is 4.19. The van der Waals surface area contributed by atoms with Crippen molar-refractivity contribution in [2.75, 3.05) is 20.2 Å². The number of carbonyl (C=O) groups excluding carboxylic acids is 1. The van der Waals surface area contributed by atoms with Crippen molar-refractivity contribution in [3.8, 4) is 0 Å². The van der Waals surface area contributed by atoms with E-state index in [1.54, 1.807) is 0 Å². The van der Waals surface area contributed by atoms with Crippen LogP contribution in [0.15, 0.2) is 0 Å². The van der Waals surface area contributed by atoms with Gasteiger partial charge < -0.3 is 4.74 Å². The van der Waals surface area contributed by atoms with E-state index in [1.165, 1.54) is 84.2 Å². The minimum Gasteiger partial charge on any atom is -0.469 e. The van der Waals surface area contributed by atoms with E-state index in [0.717, 1.165) is 31.8 Å². The van der Waals surface area contributed by atoms with Crippen molar-refractivity contribution in [3.05, 3.63) is 0 Å². The number of hydrogen-bond acceptors (Lipinski definition) is 5. The van der Waals surface area contributed by atoms with Gasteiger partial charge in [0.2, 0.25) is 0 Å². The summed E-state index contributed by atoms with van der Waals surface area (Å²) in [5.74, 6) is 1.38. The second-order valence-electron chi connectivity index (χ2n) is 9.17. The zero-order chi connectivity index (χ0) is 18.9. The van der Waals surface area contributed by atoms with Gasteiger partial charge in [0, 0.05) is 19.1 Å². The number of nitrogens with one attached hydrogen (secondary N) is 2. The van der Waals surface area contributed by atoms with Gasteiger partial charge >= 0.3 is 5.97 Å². The molecule has 27 heavy (non-hydrogen) atoms. The average Bonchev–Trinajstić information content (AvgIpc) is 3.10. The Morgan fingerprint density at radius 2 is 1.56 bits per heavy atom. The summed E-state index contributed by atoms with van der Waals surface area (Å²) >= 11 is 0. The molecule has 4 bridgehead atoms. The fourth-order valence-corrected chi connectivity index (χ4v) is 5.49. The first-order valence-corrected chi connectivity index (χ1v) is 11.6. The number of hydrogen-bond donors (Lipinski definition) is 2. The van der Waals surface area contributed by atoms with E-state index >= 15 is 0 Å². The fraction of sp³-hybridized carbons (Fsp3) is 0.955. The molecule has 1 aliphatic carbocycles. The van der Waals surface area contributed by atoms with E-state index < -0.39 is 0 Å². The summed E-state index contributed by atoms with van der Waals surface area (Å²) in [7, 11) is 1.54. The molecule has 5 atom stereocenters. The number of nitrogens with zero attached hydrogens (tertiary/aromatic N) is 1. The molecular formula is C22H41N3O2. The van der Waals surface area contributed by atoms with E-state index in [4.69, 9.17) is 4.74 Å². The first-order chi connectivity index (χ1) is 13.3. The number of hydrazine groups is 2. The molecule has 3 rings (SSSR count). The van der Waals surface area contributed by atoms with Crippen LogP contribution in [0.25, 0.3) is 0 Å². The molecule has 2 N–H and O–H groups in total. The smallest absolute Gasteiger partial charge is 0.308 e. The number of methoxy groups -OCH3 is 1. The Morgan fingerprint density at radius 1 is 0.889 bits per heavy atom. The van der Waals surface area contributed by atoms with Crippen LogP contribution < -0.4 is 11.0 Å². The zero-order valence-corrected chi connectivity index (χ0v) is 17.4. The predicted molar refractivity (Wildman–Crippen MR) is 109 cm³/mol. The molecule has 5 unspecified atom stereocenters. The maximum absolute atomic E-state index is 12.3. The number of esters is 1. The maximum atomic E-state index is 12.3. The molecule has 2 heterocycles. The highest BCUT2D eigenvalue weighted by atomic mass is 16.5. The van der Waals surface area contributed by atoms with Gasteiger partial charge in [0.25, 0.3) is 0 Å². The molecule has 0 aromatic carbocycles. The van der Waals surface area contributed by atoms with Crippen LogP contribution in [-0.2, 0) is 9.53 Å². The van der Waals surface area contributed by atoms with Gasteiger partial charge in [-0.15, -0.1) is 0 Å². The molecule has 0 aromatic heterocycles. The molecular weight excluding hydrogens is 338 g/mol. The van der Waals surface area contributed by atoms with Gasteiger partial charge in [-0.05, 0) is 50.4 Å². The molecule has 1 saturated carbocycles. The average molecular weight is 380 g/mol. The Morgan fingerprint density at radius 3 is 2.30 bits per heavy atom. The Bertz CT molecular complexity index is 445. The number of ether oxygens (including phenoxy) is 1. The normalized spacial score (nSPS) is 37.1. The molecule has 0 amide bonds. The molecule has 0 spiro atoms. The second kappa shape index (κ2) is 11.4. The third-order valence-corrected chi connectivity index (χ3v) is 7.08. The van der Waals surface area contributed by atoms with Gasteiger partial charge in [0.15, 0.2) is 0 Å². The monoisotopic (exact) mass is 379 g/mol. The quantitative estimate of drug-likeness (QED) is 0.669. The summed E-state index contributed by atoms with van der Waals surface area (Å²) in [6, 6.07) is 0.373. The number of piperidine rings is 1. The van der Waals surface area contributed by atoms with Crippen LogP contribution in [0.3, 0.4) is 0 Å². The highest BCUT2D eigenvalue weighted by Gasteiger charge is 2.39. The van der Waals surface area contributed by atoms with Crippen molar-refractivity contribution >= 4 is 5.97 Å². The standard InChI is InChI=1S/C22H41N3O2/c1-27-22(26)21-16-20-15-19(21)13-9-7-5-3-2-4-6-8-11-18-12-10-14-25(17-18)24-23-20/h18-21,23-24H,2-17H2,1H3. The van der Waals surface area contributed by atoms with Crippen molar-refractivity contribution in [2.45, 2.75) is 95.9 Å². The van der Waals surface area contributed by atoms with Crippen molar-refractivity contribution in [1.29, 1.82) is 0 Å². The third kappa shape index (κ3) is 6.72. The molecule has 156 valence electrons. The van der Waals surface area contributed by atoms with Crippen LogP contribution in [0.2, 0.25) is 0 Å². The number of fused-ring (bicyclic) bond motifs is 4. The van der Waals surface area contributed by atoms with Crippen LogP contribution in [-0.4, -0.2) is 37.2 Å². The van der Waals surface area contributed by atoms with Gasteiger partial charge in [-0.1, -0.05) is 51.4 Å². The van der Waals surface area contributed by atoms with Gasteiger partial charge in [-0.2, -0.15) is 5.53 Å². The Hall–Kier alpha value is -0.650. The molecule has 5 heteroatoms. The van der Waals surface area contributed by atoms with Crippen LogP contribution >= 0.6 is 0 Å². The molecule has 5 nitrogen and oxygen atoms in total. The summed E-state index contributed by atoms with van der Waals surface area (Å²) in [5, 5.41) is 2.37. The molecule has 3 aliphatic rings. The summed E-state index contributed by atoms with van der Waals surface area (Å²) < 4.78 is 5.10. The minimum absolute atomic E-state index is 0.00627. The van der Waals surface area contributed by atoms with E-state index in [1.807, 2.05) is 0 Å². The van der Waals surface area contributed by atoms with Gasteiger partial charge in [-0.25, -0.2) is 10.4 Å². The lowest BCUT2D eigenvalue weighted by Gasteiger charge is -2.34. The Balaban J connectivity index is 1.55. The van der Waals surface area contributed by atoms with Crippen molar-refractivity contribution in [2.24, 2.45) is 17.8 Å². The zero-order valence-electron chi connectivity index (χ0n) is 17.4. The Kier molecular flexibility index (Phi) is 8.88. The summed E-state index contributed by atoms with van der Waals surface area (Å²) in [6.45, 7) is 2.28. The van der Waals surface area contributed by atoms with E-state index in [-0.39, 0.29) is 11.9 Å². The molecule has 0 radical (unpaired) electrons. The van der Waals surface area contributed by atoms with E-state index in [9.17, 15) is 4.79 Å². The molecule has 2 saturated heterocycles. The maximum Gasteiger partial charge on any atom is 0.308 e. The number of rotatable bonds is 1. The lowest BCUT2D eigenvalue weighted by Crippen LogP contribution is -2.54. The number of carbonyl (C=O) groups is 1. The molecule has 0 aromatic rings. The Labute approximate surface area is 165 Å². The van der Waals surface area contributed by atoms with Crippen molar-refractivity contribution < 1.29 is 9.53 Å². The lowest BCUT2D eigenvalue weighted by molar-refractivity contribution is -0.146. The summed E-state index contributed by atoms with van der Waals surface area (Å²) in [5.41, 5.74) is 7.04. The SMILES string of the molecule is COC(=O)C1CC2CC1CCCCCCCCCCC1CCCN(C1)NN2. The summed E-state index contributed by atoms with van der Waals surface area (Å²) in [4.78, 5) is 12.3. The van der Waals surface area contributed by atoms with Gasteiger partial charge in [0.05, 0.1) is 13.0 Å². The highest BCUT2D eigenvalue weighted by Crippen LogP contribution is 2.36. The van der Waals surface area contributed by atoms with Crippen LogP contribution in [0.5, 0.6) is 0 Å². The summed E-state index contributed by atoms with van der Waals surface area (Å²) in [6.07, 6.45) is 18.2. The molecule has 3 fully saturated rings. The molecule has 2 aliphatic heterocycles.